The molecular formula is C21H23F2N5O4S. The summed E-state index contributed by atoms with van der Waals surface area (Å²) in [6.07, 6.45) is 2.80. The van der Waals surface area contributed by atoms with Gasteiger partial charge >= 0.3 is 0 Å². The van der Waals surface area contributed by atoms with Crippen LogP contribution in [0, 0.1) is 18.6 Å². The molecule has 0 unspecified atom stereocenters. The van der Waals surface area contributed by atoms with E-state index in [1.165, 1.54) is 10.5 Å². The fourth-order valence-corrected chi connectivity index (χ4v) is 4.68. The van der Waals surface area contributed by atoms with E-state index in [-0.39, 0.29) is 30.2 Å². The lowest BCUT2D eigenvalue weighted by molar-refractivity contribution is 0.0914. The number of rotatable bonds is 6. The molecule has 1 aromatic carbocycles. The van der Waals surface area contributed by atoms with Gasteiger partial charge in [0.15, 0.2) is 11.4 Å². The maximum Gasteiger partial charge on any atom is 0.276 e. The number of benzene rings is 1. The van der Waals surface area contributed by atoms with Gasteiger partial charge in [0.25, 0.3) is 16.1 Å². The Hall–Kier alpha value is -3.09. The highest BCUT2D eigenvalue weighted by molar-refractivity contribution is 7.86. The third-order valence-corrected chi connectivity index (χ3v) is 6.57. The Labute approximate surface area is 189 Å². The molecule has 0 aliphatic carbocycles. The van der Waals surface area contributed by atoms with Crippen LogP contribution in [0.4, 0.5) is 8.78 Å². The highest BCUT2D eigenvalue weighted by Crippen LogP contribution is 2.24. The van der Waals surface area contributed by atoms with Gasteiger partial charge in [-0.25, -0.2) is 18.9 Å². The first kappa shape index (κ1) is 23.1. The molecule has 3 N–H and O–H groups in total. The molecule has 1 amide bonds. The Kier molecular flexibility index (Phi) is 6.32. The van der Waals surface area contributed by atoms with E-state index in [2.05, 4.69) is 10.3 Å². The van der Waals surface area contributed by atoms with Crippen molar-refractivity contribution in [2.75, 3.05) is 13.1 Å². The summed E-state index contributed by atoms with van der Waals surface area (Å²) in [5.74, 6) is -1.62. The van der Waals surface area contributed by atoms with Gasteiger partial charge in [0, 0.05) is 25.3 Å². The molecular weight excluding hydrogens is 456 g/mol. The minimum atomic E-state index is -3.84. The lowest BCUT2D eigenvalue weighted by atomic mass is 10.1. The summed E-state index contributed by atoms with van der Waals surface area (Å²) in [5, 5.41) is 8.06. The van der Waals surface area contributed by atoms with Gasteiger partial charge < -0.3 is 10.1 Å². The van der Waals surface area contributed by atoms with Gasteiger partial charge in [0.05, 0.1) is 11.3 Å². The van der Waals surface area contributed by atoms with Crippen LogP contribution < -0.4 is 15.2 Å². The van der Waals surface area contributed by atoms with Crippen LogP contribution in [0.2, 0.25) is 0 Å². The Morgan fingerprint density at radius 3 is 2.70 bits per heavy atom. The average molecular weight is 480 g/mol. The number of ether oxygens (including phenoxy) is 1. The molecule has 3 heterocycles. The van der Waals surface area contributed by atoms with E-state index in [1.807, 2.05) is 0 Å². The third kappa shape index (κ3) is 4.82. The van der Waals surface area contributed by atoms with Crippen molar-refractivity contribution in [3.8, 4) is 5.75 Å². The maximum atomic E-state index is 13.9. The molecule has 1 aliphatic heterocycles. The van der Waals surface area contributed by atoms with Crippen LogP contribution in [-0.2, 0) is 16.8 Å². The molecule has 0 saturated carbocycles. The summed E-state index contributed by atoms with van der Waals surface area (Å²) in [5.41, 5.74) is 0.768. The topological polar surface area (TPSA) is 119 Å². The first-order valence-corrected chi connectivity index (χ1v) is 11.8. The second kappa shape index (κ2) is 9.04. The lowest BCUT2D eigenvalue weighted by Gasteiger charge is -2.30. The van der Waals surface area contributed by atoms with Crippen molar-refractivity contribution in [2.24, 2.45) is 5.14 Å². The average Bonchev–Trinajstić information content (AvgIpc) is 3.09. The van der Waals surface area contributed by atoms with Crippen molar-refractivity contribution in [3.63, 3.8) is 0 Å². The van der Waals surface area contributed by atoms with Crippen LogP contribution in [0.3, 0.4) is 0 Å². The van der Waals surface area contributed by atoms with Crippen molar-refractivity contribution in [2.45, 2.75) is 32.4 Å². The van der Waals surface area contributed by atoms with Crippen molar-refractivity contribution in [3.05, 3.63) is 65.1 Å². The molecule has 1 atom stereocenters. The maximum absolute atomic E-state index is 13.9. The summed E-state index contributed by atoms with van der Waals surface area (Å²) < 4.78 is 59.4. The van der Waals surface area contributed by atoms with Crippen LogP contribution in [0.1, 0.15) is 34.6 Å². The minimum Gasteiger partial charge on any atom is -0.485 e. The lowest BCUT2D eigenvalue weighted by Crippen LogP contribution is -2.51. The van der Waals surface area contributed by atoms with Crippen LogP contribution in [0.15, 0.2) is 36.5 Å². The smallest absolute Gasteiger partial charge is 0.276 e. The zero-order valence-corrected chi connectivity index (χ0v) is 18.6. The fraction of sp³-hybridized carbons (Fsp3) is 0.333. The van der Waals surface area contributed by atoms with Crippen LogP contribution in [0.5, 0.6) is 5.75 Å². The number of pyridine rings is 1. The Bertz CT molecular complexity index is 1290. The number of nitrogens with zero attached hydrogens (tertiary/aromatic N) is 3. The molecule has 1 saturated heterocycles. The van der Waals surface area contributed by atoms with Gasteiger partial charge in [0.1, 0.15) is 23.9 Å². The van der Waals surface area contributed by atoms with Crippen LogP contribution in [-0.4, -0.2) is 47.1 Å². The SMILES string of the molecule is Cc1nc2c(OCc3c(F)cccc3F)cccn2c1C(=O)N[C@H]1CCCN(S(N)(=O)=O)C1. The van der Waals surface area contributed by atoms with E-state index in [0.717, 1.165) is 16.4 Å². The number of fused-ring (bicyclic) bond motifs is 1. The zero-order chi connectivity index (χ0) is 23.8. The molecule has 33 heavy (non-hydrogen) atoms. The molecule has 0 spiro atoms. The number of nitrogens with one attached hydrogen (secondary N) is 1. The molecule has 3 aromatic rings. The quantitative estimate of drug-likeness (QED) is 0.560. The first-order valence-electron chi connectivity index (χ1n) is 10.3. The summed E-state index contributed by atoms with van der Waals surface area (Å²) in [6, 6.07) is 6.37. The molecule has 1 aliphatic rings. The number of carbonyl (C=O) groups excluding carboxylic acids is 1. The number of hydrogen-bond acceptors (Lipinski definition) is 5. The number of hydrogen-bond donors (Lipinski definition) is 2. The van der Waals surface area contributed by atoms with Gasteiger partial charge in [-0.1, -0.05) is 6.07 Å². The molecule has 0 bridgehead atoms. The molecule has 1 fully saturated rings. The van der Waals surface area contributed by atoms with Crippen molar-refractivity contribution >= 4 is 21.8 Å². The van der Waals surface area contributed by atoms with E-state index in [9.17, 15) is 22.0 Å². The number of aromatic nitrogens is 2. The normalized spacial score (nSPS) is 17.3. The zero-order valence-electron chi connectivity index (χ0n) is 17.8. The predicted octanol–water partition coefficient (Wildman–Crippen LogP) is 1.90. The minimum absolute atomic E-state index is 0.0862. The molecule has 176 valence electrons. The van der Waals surface area contributed by atoms with Crippen molar-refractivity contribution in [1.82, 2.24) is 19.0 Å². The number of imidazole rings is 1. The van der Waals surface area contributed by atoms with E-state index in [1.54, 1.807) is 25.3 Å². The fourth-order valence-electron chi connectivity index (χ4n) is 3.91. The number of amides is 1. The highest BCUT2D eigenvalue weighted by atomic mass is 32.2. The number of halogens is 2. The second-order valence-corrected chi connectivity index (χ2v) is 9.36. The van der Waals surface area contributed by atoms with Gasteiger partial charge in [-0.05, 0) is 44.0 Å². The van der Waals surface area contributed by atoms with Gasteiger partial charge in [-0.15, -0.1) is 0 Å². The Morgan fingerprint density at radius 1 is 1.27 bits per heavy atom. The molecule has 4 rings (SSSR count). The summed E-state index contributed by atoms with van der Waals surface area (Å²) >= 11 is 0. The predicted molar refractivity (Wildman–Crippen MR) is 116 cm³/mol. The largest absolute Gasteiger partial charge is 0.485 e. The molecule has 2 aromatic heterocycles. The monoisotopic (exact) mass is 479 g/mol. The third-order valence-electron chi connectivity index (χ3n) is 5.52. The van der Waals surface area contributed by atoms with Gasteiger partial charge in [-0.2, -0.15) is 12.7 Å². The van der Waals surface area contributed by atoms with Crippen molar-refractivity contribution < 1.29 is 26.7 Å². The van der Waals surface area contributed by atoms with Gasteiger partial charge in [0.2, 0.25) is 0 Å². The number of carbonyl (C=O) groups is 1. The van der Waals surface area contributed by atoms with Gasteiger partial charge in [-0.3, -0.25) is 9.20 Å². The number of piperidine rings is 1. The molecule has 0 radical (unpaired) electrons. The molecule has 9 nitrogen and oxygen atoms in total. The first-order chi connectivity index (χ1) is 15.6. The van der Waals surface area contributed by atoms with E-state index in [4.69, 9.17) is 9.88 Å². The van der Waals surface area contributed by atoms with E-state index in [0.29, 0.717) is 30.7 Å². The Morgan fingerprint density at radius 2 is 2.00 bits per heavy atom. The van der Waals surface area contributed by atoms with E-state index < -0.39 is 33.8 Å². The summed E-state index contributed by atoms with van der Waals surface area (Å²) in [7, 11) is -3.84. The summed E-state index contributed by atoms with van der Waals surface area (Å²) in [4.78, 5) is 17.4. The van der Waals surface area contributed by atoms with Crippen molar-refractivity contribution in [1.29, 1.82) is 0 Å². The molecule has 12 heteroatoms. The Balaban J connectivity index is 1.56. The van der Waals surface area contributed by atoms with Crippen LogP contribution >= 0.6 is 0 Å². The second-order valence-electron chi connectivity index (χ2n) is 7.82. The van der Waals surface area contributed by atoms with E-state index >= 15 is 0 Å². The highest BCUT2D eigenvalue weighted by Gasteiger charge is 2.29. The number of aryl methyl sites for hydroxylation is 1. The standard InChI is InChI=1S/C21H23F2N5O4S/c1-13-19(21(29)26-14-5-3-9-27(11-14)33(24,30)31)28-10-4-8-18(20(28)25-13)32-12-15-16(22)6-2-7-17(15)23/h2,4,6-8,10,14H,3,5,9,11-12H2,1H3,(H,26,29)(H2,24,30,31)/t14-/m0/s1. The number of nitrogens with two attached hydrogens (primary N) is 1. The summed E-state index contributed by atoms with van der Waals surface area (Å²) in [6.45, 7) is 1.70. The van der Waals surface area contributed by atoms with Crippen LogP contribution in [0.25, 0.3) is 5.65 Å².